The van der Waals surface area contributed by atoms with Crippen LogP contribution in [0.1, 0.15) is 23.8 Å². The molecule has 0 unspecified atom stereocenters. The van der Waals surface area contributed by atoms with Gasteiger partial charge < -0.3 is 9.72 Å². The van der Waals surface area contributed by atoms with E-state index in [1.807, 2.05) is 24.3 Å². The number of para-hydroxylation sites is 2. The first kappa shape index (κ1) is 15.6. The van der Waals surface area contributed by atoms with Gasteiger partial charge in [-0.05, 0) is 55.1 Å². The first-order valence-corrected chi connectivity index (χ1v) is 9.25. The Morgan fingerprint density at radius 1 is 1.38 bits per heavy atom. The van der Waals surface area contributed by atoms with E-state index >= 15 is 0 Å². The van der Waals surface area contributed by atoms with Crippen molar-refractivity contribution in [2.45, 2.75) is 26.2 Å². The Morgan fingerprint density at radius 3 is 2.96 bits per heavy atom. The van der Waals surface area contributed by atoms with Gasteiger partial charge in [-0.1, -0.05) is 19.1 Å². The molecule has 4 rings (SSSR count). The predicted molar refractivity (Wildman–Crippen MR) is 100 cm³/mol. The molecule has 0 amide bonds. The zero-order valence-corrected chi connectivity index (χ0v) is 15.2. The summed E-state index contributed by atoms with van der Waals surface area (Å²) in [6.07, 6.45) is 3.13. The van der Waals surface area contributed by atoms with E-state index in [9.17, 15) is 4.79 Å². The van der Waals surface area contributed by atoms with Crippen LogP contribution in [0.15, 0.2) is 29.1 Å². The van der Waals surface area contributed by atoms with Crippen LogP contribution in [0.25, 0.3) is 15.9 Å². The fraction of sp³-hybridized carbons (Fsp3) is 0.333. The number of thiophene rings is 1. The van der Waals surface area contributed by atoms with Crippen LogP contribution in [-0.4, -0.2) is 16.7 Å². The second kappa shape index (κ2) is 5.86. The van der Waals surface area contributed by atoms with Crippen LogP contribution >= 0.6 is 23.6 Å². The number of fused-ring (bicyclic) bond motifs is 3. The summed E-state index contributed by atoms with van der Waals surface area (Å²) in [5, 5.41) is 0.793. The molecule has 124 valence electrons. The molecule has 1 atom stereocenters. The standard InChI is InChI=1S/C18H18N2O2S2/c1-10-7-8-11-14(9-10)24-16-15(11)17(21)20(18(23)19-16)12-5-3-4-6-13(12)22-2/h3-6,10H,7-9H2,1-2H3,(H,19,23)/t10-/m1/s1. The number of rotatable bonds is 2. The van der Waals surface area contributed by atoms with Crippen molar-refractivity contribution in [2.24, 2.45) is 5.92 Å². The molecular weight excluding hydrogens is 340 g/mol. The van der Waals surface area contributed by atoms with Crippen molar-refractivity contribution in [3.05, 3.63) is 49.8 Å². The summed E-state index contributed by atoms with van der Waals surface area (Å²) in [5.74, 6) is 1.31. The molecule has 2 heterocycles. The minimum Gasteiger partial charge on any atom is -0.495 e. The molecule has 0 radical (unpaired) electrons. The lowest BCUT2D eigenvalue weighted by Crippen LogP contribution is -2.22. The molecule has 24 heavy (non-hydrogen) atoms. The lowest BCUT2D eigenvalue weighted by Gasteiger charge is -2.17. The third kappa shape index (κ3) is 2.32. The number of nitrogens with zero attached hydrogens (tertiary/aromatic N) is 1. The van der Waals surface area contributed by atoms with E-state index in [0.29, 0.717) is 22.1 Å². The SMILES string of the molecule is COc1ccccc1-n1c(=S)[nH]c2sc3c(c2c1=O)CC[C@@H](C)C3. The molecule has 1 aliphatic rings. The summed E-state index contributed by atoms with van der Waals surface area (Å²) in [7, 11) is 1.60. The number of nitrogens with one attached hydrogen (secondary N) is 1. The van der Waals surface area contributed by atoms with Gasteiger partial charge in [0.25, 0.3) is 5.56 Å². The third-order valence-electron chi connectivity index (χ3n) is 4.68. The number of ether oxygens (including phenoxy) is 1. The van der Waals surface area contributed by atoms with Crippen molar-refractivity contribution >= 4 is 33.8 Å². The topological polar surface area (TPSA) is 47.0 Å². The molecule has 2 aromatic heterocycles. The van der Waals surface area contributed by atoms with Crippen LogP contribution < -0.4 is 10.3 Å². The molecule has 0 bridgehead atoms. The van der Waals surface area contributed by atoms with Gasteiger partial charge in [0.2, 0.25) is 0 Å². The van der Waals surface area contributed by atoms with Crippen LogP contribution in [-0.2, 0) is 12.8 Å². The number of aryl methyl sites for hydroxylation is 1. The van der Waals surface area contributed by atoms with E-state index in [2.05, 4.69) is 11.9 Å². The number of hydrogen-bond donors (Lipinski definition) is 1. The van der Waals surface area contributed by atoms with Gasteiger partial charge in [0.05, 0.1) is 18.2 Å². The maximum atomic E-state index is 13.3. The molecule has 6 heteroatoms. The highest BCUT2D eigenvalue weighted by Gasteiger charge is 2.24. The van der Waals surface area contributed by atoms with Gasteiger partial charge in [0, 0.05) is 4.88 Å². The number of methoxy groups -OCH3 is 1. The number of aromatic amines is 1. The molecule has 0 saturated carbocycles. The highest BCUT2D eigenvalue weighted by atomic mass is 32.1. The first-order chi connectivity index (χ1) is 11.6. The van der Waals surface area contributed by atoms with Crippen LogP contribution in [0.2, 0.25) is 0 Å². The lowest BCUT2D eigenvalue weighted by molar-refractivity contribution is 0.412. The van der Waals surface area contributed by atoms with Gasteiger partial charge in [-0.2, -0.15) is 0 Å². The van der Waals surface area contributed by atoms with E-state index in [4.69, 9.17) is 17.0 Å². The lowest BCUT2D eigenvalue weighted by atomic mass is 9.89. The summed E-state index contributed by atoms with van der Waals surface area (Å²) in [4.78, 5) is 18.7. The Labute approximate surface area is 148 Å². The van der Waals surface area contributed by atoms with E-state index in [-0.39, 0.29) is 5.56 Å². The highest BCUT2D eigenvalue weighted by molar-refractivity contribution is 7.71. The van der Waals surface area contributed by atoms with Crippen molar-refractivity contribution in [3.8, 4) is 11.4 Å². The Balaban J connectivity index is 2.05. The fourth-order valence-electron chi connectivity index (χ4n) is 3.46. The molecule has 0 spiro atoms. The van der Waals surface area contributed by atoms with E-state index in [0.717, 1.165) is 29.5 Å². The highest BCUT2D eigenvalue weighted by Crippen LogP contribution is 2.36. The minimum atomic E-state index is -0.0506. The van der Waals surface area contributed by atoms with Crippen molar-refractivity contribution in [1.82, 2.24) is 9.55 Å². The summed E-state index contributed by atoms with van der Waals surface area (Å²) in [5.41, 5.74) is 1.83. The van der Waals surface area contributed by atoms with Gasteiger partial charge in [-0.3, -0.25) is 4.79 Å². The number of hydrogen-bond acceptors (Lipinski definition) is 4. The van der Waals surface area contributed by atoms with Gasteiger partial charge in [0.15, 0.2) is 4.77 Å². The second-order valence-corrected chi connectivity index (χ2v) is 7.79. The van der Waals surface area contributed by atoms with Crippen molar-refractivity contribution in [3.63, 3.8) is 0 Å². The maximum Gasteiger partial charge on any atom is 0.268 e. The summed E-state index contributed by atoms with van der Waals surface area (Å²) < 4.78 is 7.38. The van der Waals surface area contributed by atoms with E-state index in [1.54, 1.807) is 23.0 Å². The van der Waals surface area contributed by atoms with Crippen LogP contribution in [0.5, 0.6) is 5.75 Å². The number of H-pyrrole nitrogens is 1. The average Bonchev–Trinajstić information content (AvgIpc) is 2.92. The first-order valence-electron chi connectivity index (χ1n) is 8.03. The van der Waals surface area contributed by atoms with E-state index < -0.39 is 0 Å². The molecule has 0 fully saturated rings. The minimum absolute atomic E-state index is 0.0506. The average molecular weight is 358 g/mol. The summed E-state index contributed by atoms with van der Waals surface area (Å²) in [6, 6.07) is 7.46. The van der Waals surface area contributed by atoms with Crippen molar-refractivity contribution in [1.29, 1.82) is 0 Å². The molecule has 0 aliphatic heterocycles. The summed E-state index contributed by atoms with van der Waals surface area (Å²) >= 11 is 7.16. The Morgan fingerprint density at radius 2 is 2.17 bits per heavy atom. The Hall–Kier alpha value is -1.92. The fourth-order valence-corrected chi connectivity index (χ4v) is 5.21. The summed E-state index contributed by atoms with van der Waals surface area (Å²) in [6.45, 7) is 2.27. The number of aromatic nitrogens is 2. The van der Waals surface area contributed by atoms with Gasteiger partial charge in [-0.15, -0.1) is 11.3 Å². The zero-order valence-electron chi connectivity index (χ0n) is 13.6. The van der Waals surface area contributed by atoms with E-state index in [1.165, 1.54) is 10.4 Å². The smallest absolute Gasteiger partial charge is 0.268 e. The molecule has 1 aliphatic carbocycles. The molecule has 1 aromatic carbocycles. The second-order valence-electron chi connectivity index (χ2n) is 6.30. The van der Waals surface area contributed by atoms with Crippen LogP contribution in [0, 0.1) is 10.7 Å². The molecule has 1 N–H and O–H groups in total. The normalized spacial score (nSPS) is 17.0. The van der Waals surface area contributed by atoms with Crippen LogP contribution in [0.3, 0.4) is 0 Å². The van der Waals surface area contributed by atoms with Gasteiger partial charge in [0.1, 0.15) is 10.6 Å². The van der Waals surface area contributed by atoms with Crippen LogP contribution in [0.4, 0.5) is 0 Å². The quantitative estimate of drug-likeness (QED) is 0.697. The monoisotopic (exact) mass is 358 g/mol. The maximum absolute atomic E-state index is 13.3. The predicted octanol–water partition coefficient (Wildman–Crippen LogP) is 4.24. The largest absolute Gasteiger partial charge is 0.495 e. The Kier molecular flexibility index (Phi) is 3.81. The van der Waals surface area contributed by atoms with Crippen molar-refractivity contribution < 1.29 is 4.74 Å². The molecule has 3 aromatic rings. The zero-order chi connectivity index (χ0) is 16.8. The van der Waals surface area contributed by atoms with Crippen molar-refractivity contribution in [2.75, 3.05) is 7.11 Å². The molecular formula is C18H18N2O2S2. The van der Waals surface area contributed by atoms with Gasteiger partial charge >= 0.3 is 0 Å². The molecule has 4 nitrogen and oxygen atoms in total. The number of benzene rings is 1. The van der Waals surface area contributed by atoms with Gasteiger partial charge in [-0.25, -0.2) is 4.57 Å². The molecule has 0 saturated heterocycles. The Bertz CT molecular complexity index is 1050. The third-order valence-corrected chi connectivity index (χ3v) is 6.13.